The normalized spacial score (nSPS) is 15.9. The SMILES string of the molecule is CCCn1cccc1CNC1CN(C(=O)OC(C)(C)C)C1. The predicted molar refractivity (Wildman–Crippen MR) is 83.2 cm³/mol. The highest BCUT2D eigenvalue weighted by Crippen LogP contribution is 2.15. The van der Waals surface area contributed by atoms with E-state index < -0.39 is 5.60 Å². The molecule has 1 saturated heterocycles. The summed E-state index contributed by atoms with van der Waals surface area (Å²) < 4.78 is 7.62. The fraction of sp³-hybridized carbons (Fsp3) is 0.688. The van der Waals surface area contributed by atoms with Gasteiger partial charge < -0.3 is 19.5 Å². The van der Waals surface area contributed by atoms with Crippen molar-refractivity contribution < 1.29 is 9.53 Å². The van der Waals surface area contributed by atoms with Gasteiger partial charge in [0, 0.05) is 44.1 Å². The fourth-order valence-electron chi connectivity index (χ4n) is 2.40. The Hall–Kier alpha value is -1.49. The molecule has 0 unspecified atom stereocenters. The summed E-state index contributed by atoms with van der Waals surface area (Å²) in [7, 11) is 0. The van der Waals surface area contributed by atoms with E-state index in [9.17, 15) is 4.79 Å². The molecule has 0 atom stereocenters. The first-order valence-corrected chi connectivity index (χ1v) is 7.74. The summed E-state index contributed by atoms with van der Waals surface area (Å²) in [4.78, 5) is 13.6. The zero-order valence-electron chi connectivity index (χ0n) is 13.6. The molecule has 0 spiro atoms. The number of aryl methyl sites for hydroxylation is 1. The van der Waals surface area contributed by atoms with E-state index in [0.717, 1.165) is 32.6 Å². The minimum absolute atomic E-state index is 0.213. The van der Waals surface area contributed by atoms with Crippen LogP contribution in [0.1, 0.15) is 39.8 Å². The van der Waals surface area contributed by atoms with Crippen molar-refractivity contribution in [2.75, 3.05) is 13.1 Å². The molecule has 0 aliphatic carbocycles. The molecule has 0 aromatic carbocycles. The van der Waals surface area contributed by atoms with Gasteiger partial charge in [-0.15, -0.1) is 0 Å². The van der Waals surface area contributed by atoms with E-state index in [4.69, 9.17) is 4.74 Å². The van der Waals surface area contributed by atoms with Crippen molar-refractivity contribution in [2.45, 2.75) is 58.8 Å². The van der Waals surface area contributed by atoms with Gasteiger partial charge in [-0.3, -0.25) is 0 Å². The molecular weight excluding hydrogens is 266 g/mol. The summed E-state index contributed by atoms with van der Waals surface area (Å²) in [6.45, 7) is 11.2. The lowest BCUT2D eigenvalue weighted by atomic mass is 10.1. The number of hydrogen-bond acceptors (Lipinski definition) is 3. The molecule has 0 saturated carbocycles. The Morgan fingerprint density at radius 2 is 2.14 bits per heavy atom. The maximum Gasteiger partial charge on any atom is 0.410 e. The predicted octanol–water partition coefficient (Wildman–Crippen LogP) is 2.61. The van der Waals surface area contributed by atoms with Gasteiger partial charge in [0.25, 0.3) is 0 Å². The minimum Gasteiger partial charge on any atom is -0.444 e. The molecule has 5 nitrogen and oxygen atoms in total. The van der Waals surface area contributed by atoms with Crippen LogP contribution in [-0.4, -0.2) is 40.3 Å². The van der Waals surface area contributed by atoms with Gasteiger partial charge in [0.15, 0.2) is 0 Å². The Balaban J connectivity index is 1.71. The first-order valence-electron chi connectivity index (χ1n) is 7.74. The third-order valence-corrected chi connectivity index (χ3v) is 3.49. The zero-order valence-corrected chi connectivity index (χ0v) is 13.6. The summed E-state index contributed by atoms with van der Waals surface area (Å²) in [5.41, 5.74) is 0.879. The maximum atomic E-state index is 11.8. The Labute approximate surface area is 127 Å². The molecule has 1 aliphatic heterocycles. The molecule has 21 heavy (non-hydrogen) atoms. The molecule has 2 heterocycles. The van der Waals surface area contributed by atoms with Gasteiger partial charge in [0.05, 0.1) is 0 Å². The smallest absolute Gasteiger partial charge is 0.410 e. The van der Waals surface area contributed by atoms with Crippen LogP contribution in [0, 0.1) is 0 Å². The van der Waals surface area contributed by atoms with Crippen LogP contribution < -0.4 is 5.32 Å². The number of amides is 1. The van der Waals surface area contributed by atoms with E-state index in [1.165, 1.54) is 5.69 Å². The topological polar surface area (TPSA) is 46.5 Å². The second-order valence-corrected chi connectivity index (χ2v) is 6.66. The van der Waals surface area contributed by atoms with Gasteiger partial charge in [-0.2, -0.15) is 0 Å². The lowest BCUT2D eigenvalue weighted by molar-refractivity contribution is 0.00513. The van der Waals surface area contributed by atoms with Crippen molar-refractivity contribution in [3.8, 4) is 0 Å². The molecule has 118 valence electrons. The summed E-state index contributed by atoms with van der Waals surface area (Å²) in [6, 6.07) is 4.59. The summed E-state index contributed by atoms with van der Waals surface area (Å²) >= 11 is 0. The molecule has 1 amide bonds. The lowest BCUT2D eigenvalue weighted by Gasteiger charge is -2.40. The second kappa shape index (κ2) is 6.52. The van der Waals surface area contributed by atoms with Crippen molar-refractivity contribution in [3.05, 3.63) is 24.0 Å². The van der Waals surface area contributed by atoms with Crippen LogP contribution in [0.3, 0.4) is 0 Å². The van der Waals surface area contributed by atoms with Crippen molar-refractivity contribution in [3.63, 3.8) is 0 Å². The number of carbonyl (C=O) groups is 1. The number of carbonyl (C=O) groups excluding carboxylic acids is 1. The molecule has 5 heteroatoms. The summed E-state index contributed by atoms with van der Waals surface area (Å²) in [5, 5.41) is 3.50. The number of nitrogens with zero attached hydrogens (tertiary/aromatic N) is 2. The third-order valence-electron chi connectivity index (χ3n) is 3.49. The van der Waals surface area contributed by atoms with Crippen LogP contribution in [0.5, 0.6) is 0 Å². The molecular formula is C16H27N3O2. The highest BCUT2D eigenvalue weighted by molar-refractivity contribution is 5.69. The van der Waals surface area contributed by atoms with Gasteiger partial charge in [0.2, 0.25) is 0 Å². The second-order valence-electron chi connectivity index (χ2n) is 6.66. The van der Waals surface area contributed by atoms with Crippen LogP contribution in [0.2, 0.25) is 0 Å². The van der Waals surface area contributed by atoms with E-state index in [1.54, 1.807) is 4.90 Å². The molecule has 0 bridgehead atoms. The number of rotatable bonds is 5. The molecule has 1 N–H and O–H groups in total. The van der Waals surface area contributed by atoms with Gasteiger partial charge in [-0.25, -0.2) is 4.79 Å². The van der Waals surface area contributed by atoms with Crippen molar-refractivity contribution in [1.82, 2.24) is 14.8 Å². The Bertz CT molecular complexity index is 470. The molecule has 0 radical (unpaired) electrons. The van der Waals surface area contributed by atoms with Gasteiger partial charge in [-0.1, -0.05) is 6.92 Å². The van der Waals surface area contributed by atoms with E-state index in [-0.39, 0.29) is 6.09 Å². The highest BCUT2D eigenvalue weighted by atomic mass is 16.6. The van der Waals surface area contributed by atoms with Gasteiger partial charge in [-0.05, 0) is 39.3 Å². The molecule has 1 aliphatic rings. The maximum absolute atomic E-state index is 11.8. The van der Waals surface area contributed by atoms with Gasteiger partial charge >= 0.3 is 6.09 Å². The van der Waals surface area contributed by atoms with E-state index in [1.807, 2.05) is 20.8 Å². The van der Waals surface area contributed by atoms with Crippen molar-refractivity contribution >= 4 is 6.09 Å². The van der Waals surface area contributed by atoms with Crippen LogP contribution in [-0.2, 0) is 17.8 Å². The number of ether oxygens (including phenoxy) is 1. The van der Waals surface area contributed by atoms with Crippen LogP contribution in [0.25, 0.3) is 0 Å². The average Bonchev–Trinajstić information content (AvgIpc) is 2.72. The van der Waals surface area contributed by atoms with Crippen LogP contribution >= 0.6 is 0 Å². The first kappa shape index (κ1) is 15.9. The molecule has 2 rings (SSSR count). The quantitative estimate of drug-likeness (QED) is 0.907. The van der Waals surface area contributed by atoms with Gasteiger partial charge in [0.1, 0.15) is 5.60 Å². The number of aromatic nitrogens is 1. The summed E-state index contributed by atoms with van der Waals surface area (Å²) in [5.74, 6) is 0. The van der Waals surface area contributed by atoms with E-state index >= 15 is 0 Å². The molecule has 1 fully saturated rings. The first-order chi connectivity index (χ1) is 9.89. The molecule has 1 aromatic rings. The third kappa shape index (κ3) is 4.49. The minimum atomic E-state index is -0.420. The highest BCUT2D eigenvalue weighted by Gasteiger charge is 2.33. The Morgan fingerprint density at radius 3 is 2.76 bits per heavy atom. The number of hydrogen-bond donors (Lipinski definition) is 1. The van der Waals surface area contributed by atoms with E-state index in [0.29, 0.717) is 6.04 Å². The zero-order chi connectivity index (χ0) is 15.5. The van der Waals surface area contributed by atoms with Crippen molar-refractivity contribution in [1.29, 1.82) is 0 Å². The van der Waals surface area contributed by atoms with Crippen LogP contribution in [0.15, 0.2) is 18.3 Å². The largest absolute Gasteiger partial charge is 0.444 e. The Kier molecular flexibility index (Phi) is 4.93. The monoisotopic (exact) mass is 293 g/mol. The fourth-order valence-corrected chi connectivity index (χ4v) is 2.40. The average molecular weight is 293 g/mol. The number of nitrogens with one attached hydrogen (secondary N) is 1. The van der Waals surface area contributed by atoms with Crippen LogP contribution in [0.4, 0.5) is 4.79 Å². The lowest BCUT2D eigenvalue weighted by Crippen LogP contribution is -2.60. The number of likely N-dealkylation sites (tertiary alicyclic amines) is 1. The summed E-state index contributed by atoms with van der Waals surface area (Å²) in [6.07, 6.45) is 3.04. The van der Waals surface area contributed by atoms with Crippen molar-refractivity contribution in [2.24, 2.45) is 0 Å². The standard InChI is InChI=1S/C16H27N3O2/c1-5-8-18-9-6-7-14(18)10-17-13-11-19(12-13)15(20)21-16(2,3)4/h6-7,9,13,17H,5,8,10-12H2,1-4H3. The molecule has 1 aromatic heterocycles. The van der Waals surface area contributed by atoms with E-state index in [2.05, 4.69) is 35.1 Å². The Morgan fingerprint density at radius 1 is 1.43 bits per heavy atom.